The van der Waals surface area contributed by atoms with Crippen molar-refractivity contribution in [3.05, 3.63) is 76.2 Å². The molecule has 0 saturated heterocycles. The Kier molecular flexibility index (Phi) is 4.72. The first kappa shape index (κ1) is 17.4. The molecule has 0 N–H and O–H groups in total. The van der Waals surface area contributed by atoms with Crippen molar-refractivity contribution >= 4 is 21.4 Å². The lowest BCUT2D eigenvalue weighted by Gasteiger charge is -2.16. The van der Waals surface area contributed by atoms with Gasteiger partial charge in [0.05, 0.1) is 6.54 Å². The van der Waals surface area contributed by atoms with E-state index >= 15 is 0 Å². The predicted octanol–water partition coefficient (Wildman–Crippen LogP) is 2.59. The number of aromatic nitrogens is 5. The largest absolute Gasteiger partial charge is 0.342 e. The third-order valence-electron chi connectivity index (χ3n) is 4.35. The second-order valence-corrected chi connectivity index (χ2v) is 7.27. The lowest BCUT2D eigenvalue weighted by Crippen LogP contribution is -2.21. The highest BCUT2D eigenvalue weighted by Crippen LogP contribution is 2.22. The van der Waals surface area contributed by atoms with Crippen molar-refractivity contribution < 1.29 is 0 Å². The molecule has 4 rings (SSSR count). The number of aryl methyl sites for hydroxylation is 1. The summed E-state index contributed by atoms with van der Waals surface area (Å²) in [5.74, 6) is 0.940. The van der Waals surface area contributed by atoms with E-state index in [0.717, 1.165) is 29.6 Å². The van der Waals surface area contributed by atoms with E-state index in [1.54, 1.807) is 6.07 Å². The highest BCUT2D eigenvalue weighted by atomic mass is 32.1. The Morgan fingerprint density at radius 1 is 1.22 bits per heavy atom. The van der Waals surface area contributed by atoms with E-state index < -0.39 is 0 Å². The van der Waals surface area contributed by atoms with Crippen molar-refractivity contribution in [3.63, 3.8) is 0 Å². The van der Waals surface area contributed by atoms with Crippen LogP contribution in [0.2, 0.25) is 0 Å². The van der Waals surface area contributed by atoms with Crippen LogP contribution in [0.25, 0.3) is 4.96 Å². The molecule has 0 radical (unpaired) electrons. The molecule has 1 aromatic carbocycles. The number of benzene rings is 1. The van der Waals surface area contributed by atoms with E-state index in [1.807, 2.05) is 49.5 Å². The van der Waals surface area contributed by atoms with Gasteiger partial charge in [-0.1, -0.05) is 48.6 Å². The van der Waals surface area contributed by atoms with Gasteiger partial charge in [-0.2, -0.15) is 4.52 Å². The minimum Gasteiger partial charge on any atom is -0.342 e. The molecule has 0 aliphatic rings. The first-order valence-corrected chi connectivity index (χ1v) is 9.60. The molecule has 0 aliphatic heterocycles. The van der Waals surface area contributed by atoms with E-state index in [9.17, 15) is 4.79 Å². The summed E-state index contributed by atoms with van der Waals surface area (Å²) >= 11 is 1.41. The number of anilines is 1. The summed E-state index contributed by atoms with van der Waals surface area (Å²) < 4.78 is 3.49. The van der Waals surface area contributed by atoms with Crippen molar-refractivity contribution in [2.75, 3.05) is 11.9 Å². The van der Waals surface area contributed by atoms with Crippen LogP contribution in [0.1, 0.15) is 24.0 Å². The fraction of sp³-hybridized carbons (Fsp3) is 0.263. The normalized spacial score (nSPS) is 11.2. The molecular weight excluding hydrogens is 360 g/mol. The lowest BCUT2D eigenvalue weighted by atomic mass is 10.2. The average Bonchev–Trinajstić information content (AvgIpc) is 3.30. The summed E-state index contributed by atoms with van der Waals surface area (Å²) in [6, 6.07) is 11.8. The summed E-state index contributed by atoms with van der Waals surface area (Å²) in [6.07, 6.45) is 4.52. The van der Waals surface area contributed by atoms with Crippen LogP contribution in [0.3, 0.4) is 0 Å². The Bertz CT molecular complexity index is 1110. The van der Waals surface area contributed by atoms with Crippen molar-refractivity contribution in [1.29, 1.82) is 0 Å². The number of fused-ring (bicyclic) bond motifs is 1. The zero-order valence-electron chi connectivity index (χ0n) is 15.2. The van der Waals surface area contributed by atoms with Crippen LogP contribution in [0.4, 0.5) is 5.13 Å². The molecule has 0 saturated carbocycles. The van der Waals surface area contributed by atoms with Crippen LogP contribution in [-0.2, 0) is 19.5 Å². The van der Waals surface area contributed by atoms with Gasteiger partial charge in [0.1, 0.15) is 5.82 Å². The molecule has 0 bridgehead atoms. The van der Waals surface area contributed by atoms with E-state index in [2.05, 4.69) is 31.8 Å². The summed E-state index contributed by atoms with van der Waals surface area (Å²) in [5.41, 5.74) is 1.87. The zero-order chi connectivity index (χ0) is 18.8. The maximum absolute atomic E-state index is 12.2. The summed E-state index contributed by atoms with van der Waals surface area (Å²) in [6.45, 7) is 3.35. The quantitative estimate of drug-likeness (QED) is 0.514. The highest BCUT2D eigenvalue weighted by molar-refractivity contribution is 7.20. The third kappa shape index (κ3) is 3.61. The van der Waals surface area contributed by atoms with Crippen molar-refractivity contribution in [1.82, 2.24) is 24.1 Å². The minimum absolute atomic E-state index is 0.140. The van der Waals surface area contributed by atoms with E-state index in [4.69, 9.17) is 0 Å². The van der Waals surface area contributed by atoms with Gasteiger partial charge in [0.15, 0.2) is 0 Å². The second-order valence-electron chi connectivity index (χ2n) is 6.33. The van der Waals surface area contributed by atoms with Crippen LogP contribution in [0.5, 0.6) is 0 Å². The molecule has 0 amide bonds. The van der Waals surface area contributed by atoms with Gasteiger partial charge in [0.25, 0.3) is 5.56 Å². The molecule has 0 atom stereocenters. The van der Waals surface area contributed by atoms with Crippen LogP contribution in [0, 0.1) is 0 Å². The molecule has 0 unspecified atom stereocenters. The number of imidazole rings is 1. The lowest BCUT2D eigenvalue weighted by molar-refractivity contribution is 0.703. The highest BCUT2D eigenvalue weighted by Gasteiger charge is 2.14. The first-order valence-electron chi connectivity index (χ1n) is 8.79. The summed E-state index contributed by atoms with van der Waals surface area (Å²) in [4.78, 5) is 23.8. The number of rotatable bonds is 6. The molecule has 138 valence electrons. The number of nitrogens with zero attached hydrogens (tertiary/aromatic N) is 6. The predicted molar refractivity (Wildman–Crippen MR) is 106 cm³/mol. The Hall–Kier alpha value is -3.00. The van der Waals surface area contributed by atoms with Crippen molar-refractivity contribution in [2.45, 2.75) is 26.4 Å². The average molecular weight is 380 g/mol. The van der Waals surface area contributed by atoms with Gasteiger partial charge >= 0.3 is 0 Å². The van der Waals surface area contributed by atoms with E-state index in [1.165, 1.54) is 21.4 Å². The Balaban J connectivity index is 1.57. The van der Waals surface area contributed by atoms with Gasteiger partial charge in [-0.25, -0.2) is 9.97 Å². The molecule has 27 heavy (non-hydrogen) atoms. The van der Waals surface area contributed by atoms with E-state index in [0.29, 0.717) is 11.5 Å². The zero-order valence-corrected chi connectivity index (χ0v) is 16.1. The molecule has 0 fully saturated rings. The third-order valence-corrected chi connectivity index (χ3v) is 5.37. The van der Waals surface area contributed by atoms with Gasteiger partial charge in [-0.3, -0.25) is 4.79 Å². The van der Waals surface area contributed by atoms with Crippen LogP contribution < -0.4 is 10.5 Å². The molecule has 0 spiro atoms. The smallest absolute Gasteiger partial charge is 0.275 e. The molecule has 3 aromatic heterocycles. The van der Waals surface area contributed by atoms with Gasteiger partial charge < -0.3 is 9.47 Å². The van der Waals surface area contributed by atoms with Gasteiger partial charge in [-0.05, 0) is 12.0 Å². The number of hydrogen-bond donors (Lipinski definition) is 0. The van der Waals surface area contributed by atoms with Crippen LogP contribution in [0.15, 0.2) is 53.6 Å². The summed E-state index contributed by atoms with van der Waals surface area (Å²) in [5, 5.41) is 5.17. The maximum Gasteiger partial charge on any atom is 0.275 e. The van der Waals surface area contributed by atoms with Crippen molar-refractivity contribution in [3.8, 4) is 0 Å². The number of hydrogen-bond acceptors (Lipinski definition) is 6. The fourth-order valence-electron chi connectivity index (χ4n) is 2.88. The van der Waals surface area contributed by atoms with Crippen molar-refractivity contribution in [2.24, 2.45) is 0 Å². The van der Waals surface area contributed by atoms with Crippen LogP contribution in [-0.4, -0.2) is 31.2 Å². The first-order chi connectivity index (χ1) is 13.1. The minimum atomic E-state index is -0.140. The van der Waals surface area contributed by atoms with E-state index in [-0.39, 0.29) is 5.56 Å². The molecule has 4 aromatic rings. The van der Waals surface area contributed by atoms with Gasteiger partial charge in [0, 0.05) is 37.7 Å². The Morgan fingerprint density at radius 2 is 2.04 bits per heavy atom. The van der Waals surface area contributed by atoms with Crippen LogP contribution >= 0.6 is 11.3 Å². The Morgan fingerprint density at radius 3 is 2.81 bits per heavy atom. The Labute approximate surface area is 160 Å². The second kappa shape index (κ2) is 7.32. The van der Waals surface area contributed by atoms with Gasteiger partial charge in [0.2, 0.25) is 10.1 Å². The summed E-state index contributed by atoms with van der Waals surface area (Å²) in [7, 11) is 1.95. The monoisotopic (exact) mass is 380 g/mol. The molecule has 7 nitrogen and oxygen atoms in total. The molecule has 3 heterocycles. The standard InChI is InChI=1S/C19H20N6OS/c1-3-15-11-17(26)25-18(21-15)27-19(22-25)23(2)13-16-20-9-10-24(16)12-14-7-5-4-6-8-14/h4-11H,3,12-13H2,1-2H3. The van der Waals surface area contributed by atoms with Gasteiger partial charge in [-0.15, -0.1) is 5.10 Å². The SMILES string of the molecule is CCc1cc(=O)n2nc(N(C)Cc3nccn3Cc3ccccc3)sc2n1. The molecule has 0 aliphatic carbocycles. The molecule has 8 heteroatoms. The fourth-order valence-corrected chi connectivity index (χ4v) is 3.76. The topological polar surface area (TPSA) is 68.3 Å². The maximum atomic E-state index is 12.2. The molecular formula is C19H20N6OS.